The van der Waals surface area contributed by atoms with Crippen molar-refractivity contribution in [2.75, 3.05) is 43.2 Å². The average Bonchev–Trinajstić information content (AvgIpc) is 3.20. The Morgan fingerprint density at radius 3 is 2.74 bits per heavy atom. The summed E-state index contributed by atoms with van der Waals surface area (Å²) < 4.78 is 16.8. The summed E-state index contributed by atoms with van der Waals surface area (Å²) in [6, 6.07) is 9.44. The predicted octanol–water partition coefficient (Wildman–Crippen LogP) is 3.11. The molecule has 3 aliphatic heterocycles. The Labute approximate surface area is 181 Å². The van der Waals surface area contributed by atoms with Gasteiger partial charge in [-0.15, -0.1) is 0 Å². The fourth-order valence-electron chi connectivity index (χ4n) is 4.78. The van der Waals surface area contributed by atoms with Gasteiger partial charge in [0.1, 0.15) is 19.0 Å². The third kappa shape index (κ3) is 3.38. The molecule has 1 saturated heterocycles. The molecule has 7 nitrogen and oxygen atoms in total. The summed E-state index contributed by atoms with van der Waals surface area (Å²) in [6.45, 7) is 4.07. The van der Waals surface area contributed by atoms with Gasteiger partial charge in [-0.25, -0.2) is 0 Å². The van der Waals surface area contributed by atoms with Crippen LogP contribution in [0.4, 0.5) is 11.4 Å². The molecule has 5 rings (SSSR count). The van der Waals surface area contributed by atoms with Crippen molar-refractivity contribution < 1.29 is 23.8 Å². The number of methoxy groups -OCH3 is 1. The van der Waals surface area contributed by atoms with Gasteiger partial charge in [0.15, 0.2) is 11.5 Å². The van der Waals surface area contributed by atoms with E-state index in [0.717, 1.165) is 35.3 Å². The number of benzene rings is 2. The molecule has 0 bridgehead atoms. The smallest absolute Gasteiger partial charge is 0.232 e. The fraction of sp³-hybridized carbons (Fsp3) is 0.417. The lowest BCUT2D eigenvalue weighted by Crippen LogP contribution is -2.41. The Morgan fingerprint density at radius 2 is 1.94 bits per heavy atom. The van der Waals surface area contributed by atoms with Crippen molar-refractivity contribution in [1.82, 2.24) is 0 Å². The van der Waals surface area contributed by atoms with Crippen molar-refractivity contribution >= 4 is 23.2 Å². The topological polar surface area (TPSA) is 68.3 Å². The van der Waals surface area contributed by atoms with Crippen LogP contribution in [-0.4, -0.2) is 45.2 Å². The minimum absolute atomic E-state index is 0.0155. The maximum absolute atomic E-state index is 13.5. The molecule has 1 atom stereocenters. The quantitative estimate of drug-likeness (QED) is 0.760. The van der Waals surface area contributed by atoms with Crippen LogP contribution in [0.25, 0.3) is 0 Å². The number of carbonyl (C=O) groups excluding carboxylic acids is 2. The zero-order valence-electron chi connectivity index (χ0n) is 17.8. The van der Waals surface area contributed by atoms with Crippen LogP contribution in [-0.2, 0) is 16.0 Å². The fourth-order valence-corrected chi connectivity index (χ4v) is 4.78. The first-order chi connectivity index (χ1) is 15.1. The van der Waals surface area contributed by atoms with Crippen LogP contribution in [0.5, 0.6) is 17.2 Å². The first-order valence-electron chi connectivity index (χ1n) is 10.7. The number of anilines is 2. The second-order valence-electron chi connectivity index (χ2n) is 8.24. The molecule has 0 radical (unpaired) electrons. The zero-order chi connectivity index (χ0) is 21.5. The molecular weight excluding hydrogens is 396 g/mol. The molecule has 1 fully saturated rings. The van der Waals surface area contributed by atoms with E-state index < -0.39 is 5.92 Å². The van der Waals surface area contributed by atoms with Gasteiger partial charge in [-0.3, -0.25) is 9.59 Å². The maximum Gasteiger partial charge on any atom is 0.232 e. The highest BCUT2D eigenvalue weighted by Gasteiger charge is 2.39. The van der Waals surface area contributed by atoms with Crippen LogP contribution in [0.15, 0.2) is 30.3 Å². The standard InChI is InChI=1S/C24H26N2O5/c1-15-5-7-20(29-2)23-18(15)4-3-9-25(23)24(28)16-12-22(27)26(14-16)17-6-8-19-21(13-17)31-11-10-30-19/h5-8,13,16H,3-4,9-12,14H2,1-2H3. The molecule has 0 aromatic heterocycles. The summed E-state index contributed by atoms with van der Waals surface area (Å²) in [4.78, 5) is 29.9. The molecular formula is C24H26N2O5. The van der Waals surface area contributed by atoms with Gasteiger partial charge in [-0.2, -0.15) is 0 Å². The third-order valence-electron chi connectivity index (χ3n) is 6.36. The number of hydrogen-bond acceptors (Lipinski definition) is 5. The van der Waals surface area contributed by atoms with Gasteiger partial charge in [0.05, 0.1) is 18.7 Å². The van der Waals surface area contributed by atoms with E-state index in [1.807, 2.05) is 35.2 Å². The number of carbonyl (C=O) groups is 2. The van der Waals surface area contributed by atoms with Crippen LogP contribution < -0.4 is 24.0 Å². The molecule has 31 heavy (non-hydrogen) atoms. The number of rotatable bonds is 3. The van der Waals surface area contributed by atoms with Gasteiger partial charge in [0, 0.05) is 31.3 Å². The number of hydrogen-bond donors (Lipinski definition) is 0. The summed E-state index contributed by atoms with van der Waals surface area (Å²) in [5, 5.41) is 0. The normalized spacial score (nSPS) is 19.9. The van der Waals surface area contributed by atoms with Gasteiger partial charge in [0.25, 0.3) is 0 Å². The van der Waals surface area contributed by atoms with Crippen molar-refractivity contribution in [3.05, 3.63) is 41.5 Å². The molecule has 3 aliphatic rings. The Hall–Kier alpha value is -3.22. The third-order valence-corrected chi connectivity index (χ3v) is 6.36. The summed E-state index contributed by atoms with van der Waals surface area (Å²) in [6.07, 6.45) is 2.03. The van der Waals surface area contributed by atoms with Crippen LogP contribution in [0.3, 0.4) is 0 Å². The number of ether oxygens (including phenoxy) is 3. The first-order valence-corrected chi connectivity index (χ1v) is 10.7. The van der Waals surface area contributed by atoms with Crippen molar-refractivity contribution in [1.29, 1.82) is 0 Å². The lowest BCUT2D eigenvalue weighted by Gasteiger charge is -2.33. The summed E-state index contributed by atoms with van der Waals surface area (Å²) in [7, 11) is 1.63. The van der Waals surface area contributed by atoms with E-state index in [4.69, 9.17) is 14.2 Å². The van der Waals surface area contributed by atoms with Crippen LogP contribution in [0.2, 0.25) is 0 Å². The van der Waals surface area contributed by atoms with E-state index in [-0.39, 0.29) is 18.2 Å². The van der Waals surface area contributed by atoms with Gasteiger partial charge >= 0.3 is 0 Å². The monoisotopic (exact) mass is 422 g/mol. The summed E-state index contributed by atoms with van der Waals surface area (Å²) >= 11 is 0. The van der Waals surface area contributed by atoms with E-state index in [9.17, 15) is 9.59 Å². The Bertz CT molecular complexity index is 1050. The van der Waals surface area contributed by atoms with E-state index >= 15 is 0 Å². The van der Waals surface area contributed by atoms with Gasteiger partial charge in [-0.1, -0.05) is 6.07 Å². The molecule has 162 valence electrons. The molecule has 1 unspecified atom stereocenters. The molecule has 0 spiro atoms. The lowest BCUT2D eigenvalue weighted by molar-refractivity contribution is -0.124. The number of fused-ring (bicyclic) bond motifs is 2. The molecule has 2 aromatic carbocycles. The van der Waals surface area contributed by atoms with Crippen molar-refractivity contribution in [3.8, 4) is 17.2 Å². The van der Waals surface area contributed by atoms with Gasteiger partial charge in [0.2, 0.25) is 11.8 Å². The predicted molar refractivity (Wildman–Crippen MR) is 116 cm³/mol. The number of aryl methyl sites for hydroxylation is 1. The molecule has 2 aromatic rings. The summed E-state index contributed by atoms with van der Waals surface area (Å²) in [5.41, 5.74) is 3.92. The van der Waals surface area contributed by atoms with E-state index in [1.165, 1.54) is 0 Å². The molecule has 2 amide bonds. The highest BCUT2D eigenvalue weighted by Crippen LogP contribution is 2.40. The second kappa shape index (κ2) is 7.80. The van der Waals surface area contributed by atoms with E-state index in [0.29, 0.717) is 43.6 Å². The maximum atomic E-state index is 13.5. The molecule has 0 saturated carbocycles. The number of nitrogens with zero attached hydrogens (tertiary/aromatic N) is 2. The SMILES string of the molecule is COc1ccc(C)c2c1N(C(=O)C1CC(=O)N(c3ccc4c(c3)OCCO4)C1)CCC2. The minimum Gasteiger partial charge on any atom is -0.495 e. The second-order valence-corrected chi connectivity index (χ2v) is 8.24. The average molecular weight is 422 g/mol. The Balaban J connectivity index is 1.40. The molecule has 3 heterocycles. The minimum atomic E-state index is -0.392. The number of amides is 2. The summed E-state index contributed by atoms with van der Waals surface area (Å²) in [5.74, 6) is 1.57. The van der Waals surface area contributed by atoms with E-state index in [1.54, 1.807) is 12.0 Å². The highest BCUT2D eigenvalue weighted by atomic mass is 16.6. The highest BCUT2D eigenvalue weighted by molar-refractivity contribution is 6.05. The van der Waals surface area contributed by atoms with Gasteiger partial charge in [-0.05, 0) is 49.1 Å². The van der Waals surface area contributed by atoms with E-state index in [2.05, 4.69) is 6.92 Å². The molecule has 0 aliphatic carbocycles. The van der Waals surface area contributed by atoms with Crippen LogP contribution >= 0.6 is 0 Å². The lowest BCUT2D eigenvalue weighted by atomic mass is 9.94. The van der Waals surface area contributed by atoms with Crippen LogP contribution in [0, 0.1) is 12.8 Å². The van der Waals surface area contributed by atoms with Crippen molar-refractivity contribution in [2.24, 2.45) is 5.92 Å². The van der Waals surface area contributed by atoms with Gasteiger partial charge < -0.3 is 24.0 Å². The zero-order valence-corrected chi connectivity index (χ0v) is 17.8. The largest absolute Gasteiger partial charge is 0.495 e. The molecule has 7 heteroatoms. The first kappa shape index (κ1) is 19.7. The van der Waals surface area contributed by atoms with Crippen LogP contribution in [0.1, 0.15) is 24.0 Å². The van der Waals surface area contributed by atoms with Crippen molar-refractivity contribution in [3.63, 3.8) is 0 Å². The molecule has 0 N–H and O–H groups in total. The Kier molecular flexibility index (Phi) is 4.96. The van der Waals surface area contributed by atoms with Crippen molar-refractivity contribution in [2.45, 2.75) is 26.2 Å². The Morgan fingerprint density at radius 1 is 1.13 bits per heavy atom.